The van der Waals surface area contributed by atoms with Crippen molar-refractivity contribution in [1.82, 2.24) is 5.32 Å². The van der Waals surface area contributed by atoms with E-state index in [1.807, 2.05) is 18.2 Å². The summed E-state index contributed by atoms with van der Waals surface area (Å²) in [6.07, 6.45) is 2.19. The van der Waals surface area contributed by atoms with Gasteiger partial charge in [-0.1, -0.05) is 36.7 Å². The van der Waals surface area contributed by atoms with Crippen LogP contribution >= 0.6 is 11.6 Å². The molecule has 0 bridgehead atoms. The summed E-state index contributed by atoms with van der Waals surface area (Å²) in [6.45, 7) is 5.22. The molecule has 1 N–H and O–H groups in total. The maximum Gasteiger partial charge on any atom is 0.117 e. The minimum Gasteiger partial charge on any atom is -0.464 e. The van der Waals surface area contributed by atoms with Gasteiger partial charge < -0.3 is 9.73 Å². The molecular weight excluding hydrogens is 282 g/mol. The van der Waals surface area contributed by atoms with Gasteiger partial charge in [0.15, 0.2) is 0 Å². The van der Waals surface area contributed by atoms with Crippen molar-refractivity contribution in [2.24, 2.45) is 5.92 Å². The molecule has 2 nitrogen and oxygen atoms in total. The van der Waals surface area contributed by atoms with Gasteiger partial charge in [-0.25, -0.2) is 0 Å². The molecule has 112 valence electrons. The molecule has 1 aromatic heterocycles. The van der Waals surface area contributed by atoms with Crippen molar-refractivity contribution in [3.05, 3.63) is 58.5 Å². The first-order valence-corrected chi connectivity index (χ1v) is 8.06. The van der Waals surface area contributed by atoms with E-state index >= 15 is 0 Å². The molecule has 1 heterocycles. The Kier molecular flexibility index (Phi) is 4.37. The predicted octanol–water partition coefficient (Wildman–Crippen LogP) is 4.78. The number of halogens is 1. The van der Waals surface area contributed by atoms with Gasteiger partial charge in [-0.15, -0.1) is 0 Å². The fourth-order valence-corrected chi connectivity index (χ4v) is 2.96. The second-order valence-corrected chi connectivity index (χ2v) is 6.61. The van der Waals surface area contributed by atoms with E-state index in [2.05, 4.69) is 37.4 Å². The fourth-order valence-electron chi connectivity index (χ4n) is 2.75. The summed E-state index contributed by atoms with van der Waals surface area (Å²) in [4.78, 5) is 0. The number of benzene rings is 1. The van der Waals surface area contributed by atoms with E-state index in [1.165, 1.54) is 12.0 Å². The number of hydrogen-bond donors (Lipinski definition) is 1. The van der Waals surface area contributed by atoms with Crippen molar-refractivity contribution < 1.29 is 4.42 Å². The third kappa shape index (κ3) is 3.69. The van der Waals surface area contributed by atoms with E-state index < -0.39 is 0 Å². The van der Waals surface area contributed by atoms with Crippen molar-refractivity contribution in [3.8, 4) is 0 Å². The fraction of sp³-hybridized carbons (Fsp3) is 0.444. The Morgan fingerprint density at radius 1 is 1.29 bits per heavy atom. The molecule has 0 spiro atoms. The van der Waals surface area contributed by atoms with Gasteiger partial charge in [0.05, 0.1) is 6.54 Å². The molecule has 1 aliphatic carbocycles. The highest BCUT2D eigenvalue weighted by molar-refractivity contribution is 6.31. The van der Waals surface area contributed by atoms with Crippen molar-refractivity contribution >= 4 is 11.6 Å². The predicted molar refractivity (Wildman–Crippen MR) is 86.7 cm³/mol. The van der Waals surface area contributed by atoms with Crippen molar-refractivity contribution in [2.75, 3.05) is 0 Å². The summed E-state index contributed by atoms with van der Waals surface area (Å²) in [5.74, 6) is 3.61. The molecule has 0 aliphatic heterocycles. The molecule has 3 heteroatoms. The Labute approximate surface area is 131 Å². The van der Waals surface area contributed by atoms with Crippen LogP contribution in [0.4, 0.5) is 0 Å². The van der Waals surface area contributed by atoms with Crippen LogP contribution in [-0.4, -0.2) is 6.04 Å². The molecule has 3 unspecified atom stereocenters. The molecule has 0 amide bonds. The van der Waals surface area contributed by atoms with Gasteiger partial charge in [-0.3, -0.25) is 0 Å². The third-order valence-electron chi connectivity index (χ3n) is 4.27. The maximum absolute atomic E-state index is 6.20. The molecule has 1 fully saturated rings. The molecule has 3 atom stereocenters. The molecule has 21 heavy (non-hydrogen) atoms. The molecule has 1 aromatic carbocycles. The summed E-state index contributed by atoms with van der Waals surface area (Å²) >= 11 is 6.20. The average Bonchev–Trinajstić information content (AvgIpc) is 3.01. The summed E-state index contributed by atoms with van der Waals surface area (Å²) in [7, 11) is 0. The maximum atomic E-state index is 6.20. The van der Waals surface area contributed by atoms with Crippen LogP contribution in [0.1, 0.15) is 43.3 Å². The zero-order chi connectivity index (χ0) is 14.8. The van der Waals surface area contributed by atoms with Gasteiger partial charge in [-0.2, -0.15) is 0 Å². The zero-order valence-electron chi connectivity index (χ0n) is 12.6. The quantitative estimate of drug-likeness (QED) is 0.831. The summed E-state index contributed by atoms with van der Waals surface area (Å²) in [5.41, 5.74) is 1.19. The lowest BCUT2D eigenvalue weighted by Gasteiger charge is -2.13. The highest BCUT2D eigenvalue weighted by atomic mass is 35.5. The first-order chi connectivity index (χ1) is 10.1. The van der Waals surface area contributed by atoms with Crippen molar-refractivity contribution in [1.29, 1.82) is 0 Å². The van der Waals surface area contributed by atoms with Gasteiger partial charge in [0, 0.05) is 17.0 Å². The Balaban J connectivity index is 1.50. The number of hydrogen-bond acceptors (Lipinski definition) is 2. The van der Waals surface area contributed by atoms with Gasteiger partial charge in [0.2, 0.25) is 0 Å². The zero-order valence-corrected chi connectivity index (χ0v) is 13.4. The SMILES string of the molecule is CC(Cc1ccccc1Cl)NCc1ccc(C2CC2C)o1. The number of rotatable bonds is 6. The lowest BCUT2D eigenvalue weighted by atomic mass is 10.1. The summed E-state index contributed by atoms with van der Waals surface area (Å²) in [6, 6.07) is 12.6. The van der Waals surface area contributed by atoms with Crippen LogP contribution in [0, 0.1) is 5.92 Å². The van der Waals surface area contributed by atoms with E-state index in [9.17, 15) is 0 Å². The van der Waals surface area contributed by atoms with Gasteiger partial charge in [-0.05, 0) is 49.4 Å². The second-order valence-electron chi connectivity index (χ2n) is 6.20. The van der Waals surface area contributed by atoms with Crippen LogP contribution in [0.5, 0.6) is 0 Å². The number of furan rings is 1. The molecule has 1 saturated carbocycles. The minimum atomic E-state index is 0.360. The van der Waals surface area contributed by atoms with E-state index in [1.54, 1.807) is 0 Å². The van der Waals surface area contributed by atoms with Crippen molar-refractivity contribution in [2.45, 2.75) is 45.2 Å². The minimum absolute atomic E-state index is 0.360. The standard InChI is InChI=1S/C18H22ClNO/c1-12-9-16(12)18-8-7-15(21-18)11-20-13(2)10-14-5-3-4-6-17(14)19/h3-8,12-13,16,20H,9-11H2,1-2H3. The number of nitrogens with one attached hydrogen (secondary N) is 1. The third-order valence-corrected chi connectivity index (χ3v) is 4.63. The Morgan fingerprint density at radius 2 is 2.05 bits per heavy atom. The average molecular weight is 304 g/mol. The van der Waals surface area contributed by atoms with E-state index in [0.29, 0.717) is 12.0 Å². The van der Waals surface area contributed by atoms with E-state index in [0.717, 1.165) is 35.4 Å². The topological polar surface area (TPSA) is 25.2 Å². The Morgan fingerprint density at radius 3 is 2.76 bits per heavy atom. The van der Waals surface area contributed by atoms with E-state index in [-0.39, 0.29) is 0 Å². The Hall–Kier alpha value is -1.25. The van der Waals surface area contributed by atoms with Crippen LogP contribution in [0.25, 0.3) is 0 Å². The van der Waals surface area contributed by atoms with Crippen LogP contribution < -0.4 is 5.32 Å². The van der Waals surface area contributed by atoms with Crippen LogP contribution in [0.3, 0.4) is 0 Å². The lowest BCUT2D eigenvalue weighted by molar-refractivity contribution is 0.426. The highest BCUT2D eigenvalue weighted by Crippen LogP contribution is 2.47. The first kappa shape index (κ1) is 14.7. The van der Waals surface area contributed by atoms with Gasteiger partial charge >= 0.3 is 0 Å². The monoisotopic (exact) mass is 303 g/mol. The first-order valence-electron chi connectivity index (χ1n) is 7.69. The van der Waals surface area contributed by atoms with Gasteiger partial charge in [0.1, 0.15) is 11.5 Å². The molecule has 0 saturated heterocycles. The van der Waals surface area contributed by atoms with Crippen LogP contribution in [-0.2, 0) is 13.0 Å². The smallest absolute Gasteiger partial charge is 0.117 e. The molecular formula is C18H22ClNO. The van der Waals surface area contributed by atoms with Crippen LogP contribution in [0.2, 0.25) is 5.02 Å². The largest absolute Gasteiger partial charge is 0.464 e. The molecule has 2 aromatic rings. The van der Waals surface area contributed by atoms with E-state index in [4.69, 9.17) is 16.0 Å². The molecule has 0 radical (unpaired) electrons. The second kappa shape index (κ2) is 6.25. The van der Waals surface area contributed by atoms with Crippen LogP contribution in [0.15, 0.2) is 40.8 Å². The molecule has 3 rings (SSSR count). The normalized spacial score (nSPS) is 22.2. The Bertz CT molecular complexity index is 607. The highest BCUT2D eigenvalue weighted by Gasteiger charge is 2.36. The van der Waals surface area contributed by atoms with Gasteiger partial charge in [0.25, 0.3) is 0 Å². The molecule has 1 aliphatic rings. The summed E-state index contributed by atoms with van der Waals surface area (Å²) in [5, 5.41) is 4.35. The lowest BCUT2D eigenvalue weighted by Crippen LogP contribution is -2.27. The summed E-state index contributed by atoms with van der Waals surface area (Å²) < 4.78 is 5.91. The van der Waals surface area contributed by atoms with Crippen molar-refractivity contribution in [3.63, 3.8) is 0 Å².